The number of hydrogen-bond donors (Lipinski definition) is 4. The summed E-state index contributed by atoms with van der Waals surface area (Å²) < 4.78 is 28.5. The number of carbonyl (C=O) groups is 5. The molecule has 5 rings (SSSR count). The van der Waals surface area contributed by atoms with Crippen molar-refractivity contribution in [2.75, 3.05) is 19.3 Å². The lowest BCUT2D eigenvalue weighted by Gasteiger charge is -2.42. The number of amides is 5. The Bertz CT molecular complexity index is 1520. The van der Waals surface area contributed by atoms with Gasteiger partial charge in [0, 0.05) is 25.2 Å². The maximum atomic E-state index is 14.6. The fourth-order valence-electron chi connectivity index (χ4n) is 8.41. The zero-order valence-corrected chi connectivity index (χ0v) is 33.7. The average Bonchev–Trinajstić information content (AvgIpc) is 3.99. The maximum Gasteiger partial charge on any atom is 0.315 e. The van der Waals surface area contributed by atoms with E-state index < -0.39 is 74.2 Å². The first kappa shape index (κ1) is 40.4. The van der Waals surface area contributed by atoms with Gasteiger partial charge < -0.3 is 26.2 Å². The Balaban J connectivity index is 1.33. The molecule has 4 aliphatic carbocycles. The SMILES string of the molecule is CN(C(C)(C)C)S(=O)(=O)CC1(NC(=O)N[C@H](C(=O)N2C[C@H]3[C@@H]([C@H]2C(=O)N[C@@H](CCC2CC2)C(=O)C(=O)NC2CC2)C3(C)C)C(C)(C)C)CCCCC1. The molecule has 0 aromatic rings. The molecule has 1 saturated heterocycles. The number of fused-ring (bicyclic) bond motifs is 1. The van der Waals surface area contributed by atoms with Crippen molar-refractivity contribution in [3.8, 4) is 0 Å². The van der Waals surface area contributed by atoms with Crippen LogP contribution in [0, 0.1) is 28.6 Å². The van der Waals surface area contributed by atoms with Crippen molar-refractivity contribution in [2.24, 2.45) is 28.6 Å². The number of ketones is 1. The van der Waals surface area contributed by atoms with Gasteiger partial charge in [-0.05, 0) is 87.9 Å². The molecule has 52 heavy (non-hydrogen) atoms. The molecule has 0 bridgehead atoms. The van der Waals surface area contributed by atoms with Crippen molar-refractivity contribution in [2.45, 2.75) is 161 Å². The predicted octanol–water partition coefficient (Wildman–Crippen LogP) is 3.47. The van der Waals surface area contributed by atoms with Crippen LogP contribution in [0.15, 0.2) is 0 Å². The topological polar surface area (TPSA) is 174 Å². The van der Waals surface area contributed by atoms with Crippen LogP contribution in [0.5, 0.6) is 0 Å². The van der Waals surface area contributed by atoms with Gasteiger partial charge in [0.1, 0.15) is 12.1 Å². The molecule has 4 saturated carbocycles. The second kappa shape index (κ2) is 14.5. The Hall–Kier alpha value is -2.74. The first-order valence-corrected chi connectivity index (χ1v) is 21.1. The number of hydrogen-bond acceptors (Lipinski definition) is 7. The molecule has 4 N–H and O–H groups in total. The van der Waals surface area contributed by atoms with Gasteiger partial charge >= 0.3 is 6.03 Å². The van der Waals surface area contributed by atoms with Crippen molar-refractivity contribution in [1.82, 2.24) is 30.5 Å². The summed E-state index contributed by atoms with van der Waals surface area (Å²) in [5, 5.41) is 11.6. The highest BCUT2D eigenvalue weighted by Crippen LogP contribution is 2.65. The fourth-order valence-corrected chi connectivity index (χ4v) is 10.5. The minimum atomic E-state index is -3.75. The van der Waals surface area contributed by atoms with Gasteiger partial charge in [0.25, 0.3) is 5.91 Å². The molecule has 0 spiro atoms. The third-order valence-electron chi connectivity index (χ3n) is 12.5. The first-order chi connectivity index (χ1) is 24.0. The number of nitrogens with one attached hydrogen (secondary N) is 4. The number of piperidine rings is 1. The third kappa shape index (κ3) is 9.13. The van der Waals surface area contributed by atoms with E-state index in [1.54, 1.807) is 11.9 Å². The van der Waals surface area contributed by atoms with E-state index in [0.29, 0.717) is 31.7 Å². The highest BCUT2D eigenvalue weighted by Gasteiger charge is 2.70. The largest absolute Gasteiger partial charge is 0.347 e. The predicted molar refractivity (Wildman–Crippen MR) is 198 cm³/mol. The van der Waals surface area contributed by atoms with Crippen molar-refractivity contribution in [3.05, 3.63) is 0 Å². The van der Waals surface area contributed by atoms with Gasteiger partial charge in [-0.15, -0.1) is 0 Å². The second-order valence-corrected chi connectivity index (χ2v) is 21.2. The summed E-state index contributed by atoms with van der Waals surface area (Å²) in [5.41, 5.74) is -2.60. The minimum Gasteiger partial charge on any atom is -0.347 e. The summed E-state index contributed by atoms with van der Waals surface area (Å²) in [6.07, 6.45) is 8.40. The van der Waals surface area contributed by atoms with Crippen LogP contribution >= 0.6 is 0 Å². The van der Waals surface area contributed by atoms with Gasteiger partial charge in [-0.3, -0.25) is 19.2 Å². The summed E-state index contributed by atoms with van der Waals surface area (Å²) in [7, 11) is -2.19. The number of nitrogens with zero attached hydrogens (tertiary/aromatic N) is 2. The van der Waals surface area contributed by atoms with Crippen molar-refractivity contribution >= 4 is 39.6 Å². The van der Waals surface area contributed by atoms with Gasteiger partial charge in [-0.2, -0.15) is 4.31 Å². The Kier molecular flexibility index (Phi) is 11.3. The molecular weight excluding hydrogens is 685 g/mol. The fraction of sp³-hybridized carbons (Fsp3) is 0.868. The first-order valence-electron chi connectivity index (χ1n) is 19.5. The molecule has 5 atom stereocenters. The van der Waals surface area contributed by atoms with Crippen molar-refractivity contribution in [1.29, 1.82) is 0 Å². The van der Waals surface area contributed by atoms with Gasteiger partial charge in [-0.1, -0.05) is 66.7 Å². The van der Waals surface area contributed by atoms with E-state index in [2.05, 4.69) is 35.1 Å². The van der Waals surface area contributed by atoms with Crippen LogP contribution in [0.3, 0.4) is 0 Å². The lowest BCUT2D eigenvalue weighted by Crippen LogP contribution is -2.64. The number of rotatable bonds is 14. The van der Waals surface area contributed by atoms with Crippen LogP contribution < -0.4 is 21.3 Å². The number of urea groups is 1. The number of sulfonamides is 1. The molecular formula is C38H64N6O7S. The standard InChI is InChI=1S/C38H64N6O7S/c1-35(2,3)30(41-34(49)42-38(19-11-10-12-20-38)22-52(50,51)43(9)36(4,5)6)33(48)44-21-25-27(37(25,7)8)28(44)31(46)40-26(18-15-23-13-14-23)29(45)32(47)39-24-16-17-24/h23-28,30H,10-22H2,1-9H3,(H,39,47)(H,40,46)(H2,41,42,49)/t25-,26-,27-,28-,30+/m0/s1. The summed E-state index contributed by atoms with van der Waals surface area (Å²) in [6.45, 7) is 15.5. The van der Waals surface area contributed by atoms with Gasteiger partial charge in [-0.25, -0.2) is 13.2 Å². The number of likely N-dealkylation sites (tertiary alicyclic amines) is 1. The van der Waals surface area contributed by atoms with E-state index in [0.717, 1.165) is 51.4 Å². The Labute approximate surface area is 311 Å². The Morgan fingerprint density at radius 3 is 2.06 bits per heavy atom. The molecule has 13 nitrogen and oxygen atoms in total. The van der Waals surface area contributed by atoms with Crippen LogP contribution in [0.2, 0.25) is 0 Å². The van der Waals surface area contributed by atoms with Crippen molar-refractivity contribution < 1.29 is 32.4 Å². The molecule has 5 fully saturated rings. The lowest BCUT2D eigenvalue weighted by atomic mass is 9.83. The van der Waals surface area contributed by atoms with Gasteiger partial charge in [0.2, 0.25) is 27.6 Å². The average molecular weight is 749 g/mol. The highest BCUT2D eigenvalue weighted by molar-refractivity contribution is 7.89. The lowest BCUT2D eigenvalue weighted by molar-refractivity contribution is -0.145. The molecule has 1 aliphatic heterocycles. The number of carbonyl (C=O) groups excluding carboxylic acids is 5. The summed E-state index contributed by atoms with van der Waals surface area (Å²) in [4.78, 5) is 70.4. The Morgan fingerprint density at radius 2 is 1.52 bits per heavy atom. The van der Waals surface area contributed by atoms with E-state index in [9.17, 15) is 32.4 Å². The van der Waals surface area contributed by atoms with Gasteiger partial charge in [0.15, 0.2) is 0 Å². The molecule has 1 heterocycles. The Morgan fingerprint density at radius 1 is 0.904 bits per heavy atom. The normalized spacial score (nSPS) is 26.5. The van der Waals surface area contributed by atoms with E-state index in [-0.39, 0.29) is 29.0 Å². The van der Waals surface area contributed by atoms with Gasteiger partial charge in [0.05, 0.1) is 17.3 Å². The molecule has 0 unspecified atom stereocenters. The van der Waals surface area contributed by atoms with E-state index in [1.165, 1.54) is 4.31 Å². The van der Waals surface area contributed by atoms with Crippen LogP contribution in [-0.2, 0) is 29.2 Å². The van der Waals surface area contributed by atoms with E-state index in [1.807, 2.05) is 41.5 Å². The summed E-state index contributed by atoms with van der Waals surface area (Å²) in [6, 6.07) is -3.50. The molecule has 0 radical (unpaired) electrons. The zero-order chi connectivity index (χ0) is 38.6. The molecule has 5 aliphatic rings. The minimum absolute atomic E-state index is 0.00783. The zero-order valence-electron chi connectivity index (χ0n) is 32.9. The van der Waals surface area contributed by atoms with Crippen LogP contribution in [-0.4, -0.2) is 102 Å². The molecule has 294 valence electrons. The van der Waals surface area contributed by atoms with Crippen molar-refractivity contribution in [3.63, 3.8) is 0 Å². The molecule has 5 amide bonds. The summed E-state index contributed by atoms with van der Waals surface area (Å²) >= 11 is 0. The third-order valence-corrected chi connectivity index (χ3v) is 14.8. The molecule has 0 aromatic heterocycles. The molecule has 0 aromatic carbocycles. The van der Waals surface area contributed by atoms with Crippen LogP contribution in [0.4, 0.5) is 4.79 Å². The number of Topliss-reactive ketones (excluding diaryl/α,β-unsaturated/α-hetero) is 1. The smallest absolute Gasteiger partial charge is 0.315 e. The maximum absolute atomic E-state index is 14.6. The second-order valence-electron chi connectivity index (χ2n) is 19.2. The van der Waals surface area contributed by atoms with Crippen LogP contribution in [0.25, 0.3) is 0 Å². The summed E-state index contributed by atoms with van der Waals surface area (Å²) in [5.74, 6) is -2.02. The monoisotopic (exact) mass is 748 g/mol. The highest BCUT2D eigenvalue weighted by atomic mass is 32.2. The van der Waals surface area contributed by atoms with Crippen LogP contribution in [0.1, 0.15) is 126 Å². The molecule has 14 heteroatoms. The van der Waals surface area contributed by atoms with E-state index >= 15 is 0 Å². The van der Waals surface area contributed by atoms with E-state index in [4.69, 9.17) is 0 Å². The quantitative estimate of drug-likeness (QED) is 0.197.